The predicted octanol–water partition coefficient (Wildman–Crippen LogP) is 7.53. The maximum Gasteiger partial charge on any atom is 0.261 e. The first-order chi connectivity index (χ1) is 20.7. The highest BCUT2D eigenvalue weighted by molar-refractivity contribution is 6.26. The molecule has 6 aromatic carbocycles. The summed E-state index contributed by atoms with van der Waals surface area (Å²) < 4.78 is 0. The summed E-state index contributed by atoms with van der Waals surface area (Å²) in [5.41, 5.74) is 4.34. The van der Waals surface area contributed by atoms with E-state index >= 15 is 0 Å². The second kappa shape index (κ2) is 11.1. The molecule has 5 nitrogen and oxygen atoms in total. The number of benzene rings is 6. The molecule has 6 aromatic rings. The highest BCUT2D eigenvalue weighted by atomic mass is 16.2. The molecule has 0 aromatic heterocycles. The monoisotopic (exact) mass is 549 g/mol. The van der Waals surface area contributed by atoms with Crippen molar-refractivity contribution in [3.63, 3.8) is 0 Å². The first-order valence-electron chi connectivity index (χ1n) is 14.5. The van der Waals surface area contributed by atoms with Crippen LogP contribution in [0.3, 0.4) is 0 Å². The van der Waals surface area contributed by atoms with Gasteiger partial charge in [0.25, 0.3) is 11.8 Å². The molecule has 42 heavy (non-hydrogen) atoms. The van der Waals surface area contributed by atoms with Gasteiger partial charge in [-0.2, -0.15) is 0 Å². The number of nitrogens with one attached hydrogen (secondary N) is 2. The Bertz CT molecular complexity index is 1890. The van der Waals surface area contributed by atoms with Crippen molar-refractivity contribution in [1.29, 1.82) is 0 Å². The van der Waals surface area contributed by atoms with Crippen molar-refractivity contribution in [1.82, 2.24) is 10.2 Å². The predicted molar refractivity (Wildman–Crippen MR) is 171 cm³/mol. The Morgan fingerprint density at radius 3 is 1.98 bits per heavy atom. The van der Waals surface area contributed by atoms with Crippen molar-refractivity contribution in [3.05, 3.63) is 138 Å². The molecule has 0 unspecified atom stereocenters. The lowest BCUT2D eigenvalue weighted by molar-refractivity contribution is 0.0598. The summed E-state index contributed by atoms with van der Waals surface area (Å²) >= 11 is 0. The molecule has 206 valence electrons. The average molecular weight is 550 g/mol. The van der Waals surface area contributed by atoms with Crippen LogP contribution < -0.4 is 10.6 Å². The third-order valence-corrected chi connectivity index (χ3v) is 8.21. The summed E-state index contributed by atoms with van der Waals surface area (Å²) in [4.78, 5) is 28.2. The number of rotatable bonds is 9. The van der Waals surface area contributed by atoms with E-state index in [1.807, 2.05) is 60.7 Å². The van der Waals surface area contributed by atoms with Crippen LogP contribution in [-0.2, 0) is 13.1 Å². The van der Waals surface area contributed by atoms with Crippen LogP contribution in [0.15, 0.2) is 115 Å². The zero-order valence-corrected chi connectivity index (χ0v) is 23.3. The van der Waals surface area contributed by atoms with Crippen LogP contribution in [0.25, 0.3) is 32.3 Å². The largest absolute Gasteiger partial charge is 0.384 e. The minimum absolute atomic E-state index is 0.246. The molecular weight excluding hydrogens is 518 g/mol. The highest BCUT2D eigenvalue weighted by Gasteiger charge is 2.33. The van der Waals surface area contributed by atoms with Gasteiger partial charge in [-0.15, -0.1) is 0 Å². The van der Waals surface area contributed by atoms with Crippen LogP contribution in [0, 0.1) is 0 Å². The molecule has 0 saturated carbocycles. The van der Waals surface area contributed by atoms with Crippen LogP contribution >= 0.6 is 0 Å². The van der Waals surface area contributed by atoms with Gasteiger partial charge in [-0.05, 0) is 69.9 Å². The number of fused-ring (bicyclic) bond motifs is 2. The molecule has 7 rings (SSSR count). The van der Waals surface area contributed by atoms with E-state index < -0.39 is 0 Å². The molecule has 2 amide bonds. The molecule has 1 aliphatic rings. The van der Waals surface area contributed by atoms with Gasteiger partial charge >= 0.3 is 0 Å². The van der Waals surface area contributed by atoms with E-state index in [0.717, 1.165) is 48.1 Å². The summed E-state index contributed by atoms with van der Waals surface area (Å²) in [5.74, 6) is -0.492. The zero-order chi connectivity index (χ0) is 28.5. The van der Waals surface area contributed by atoms with Crippen molar-refractivity contribution < 1.29 is 9.59 Å². The van der Waals surface area contributed by atoms with Gasteiger partial charge in [0, 0.05) is 40.7 Å². The van der Waals surface area contributed by atoms with E-state index in [0.29, 0.717) is 11.1 Å². The lowest BCUT2D eigenvalue weighted by Gasteiger charge is -2.28. The summed E-state index contributed by atoms with van der Waals surface area (Å²) in [6.07, 6.45) is 0.925. The fourth-order valence-electron chi connectivity index (χ4n) is 6.16. The van der Waals surface area contributed by atoms with E-state index in [9.17, 15) is 9.59 Å². The highest BCUT2D eigenvalue weighted by Crippen LogP contribution is 2.35. The second-order valence-corrected chi connectivity index (χ2v) is 10.8. The van der Waals surface area contributed by atoms with E-state index in [4.69, 9.17) is 0 Å². The molecule has 0 radical (unpaired) electrons. The zero-order valence-electron chi connectivity index (χ0n) is 23.3. The van der Waals surface area contributed by atoms with Crippen molar-refractivity contribution in [2.24, 2.45) is 0 Å². The Morgan fingerprint density at radius 2 is 1.24 bits per heavy atom. The number of imide groups is 1. The van der Waals surface area contributed by atoms with Crippen molar-refractivity contribution in [2.75, 3.05) is 18.4 Å². The minimum atomic E-state index is -0.246. The second-order valence-electron chi connectivity index (χ2n) is 10.8. The van der Waals surface area contributed by atoms with Gasteiger partial charge in [0.15, 0.2) is 0 Å². The third-order valence-electron chi connectivity index (χ3n) is 8.21. The molecule has 1 aliphatic heterocycles. The molecule has 0 fully saturated rings. The Morgan fingerprint density at radius 1 is 0.595 bits per heavy atom. The van der Waals surface area contributed by atoms with E-state index in [2.05, 4.69) is 65.2 Å². The molecule has 0 saturated heterocycles. The van der Waals surface area contributed by atoms with Crippen molar-refractivity contribution in [2.45, 2.75) is 19.5 Å². The molecule has 0 atom stereocenters. The summed E-state index contributed by atoms with van der Waals surface area (Å²) in [6, 6.07) is 38.6. The van der Waals surface area contributed by atoms with E-state index in [1.54, 1.807) is 0 Å². The lowest BCUT2D eigenvalue weighted by Crippen LogP contribution is -2.39. The Kier molecular flexibility index (Phi) is 6.86. The number of anilines is 1. The van der Waals surface area contributed by atoms with Crippen molar-refractivity contribution >= 4 is 49.8 Å². The molecule has 2 N–H and O–H groups in total. The van der Waals surface area contributed by atoms with Gasteiger partial charge in [0.1, 0.15) is 0 Å². The smallest absolute Gasteiger partial charge is 0.261 e. The first-order valence-corrected chi connectivity index (χ1v) is 14.5. The standard InChI is InChI=1S/C37H31N3O2/c41-36-31-17-8-16-30-34(19-18-32(35(30)31)37(42)40(36)24-25-10-2-1-3-11-25)39-21-9-20-38-23-33-28-14-6-4-12-26(28)22-27-13-5-7-15-29(27)33/h1-8,10-19,22,38-39H,9,20-21,23-24H2. The summed E-state index contributed by atoms with van der Waals surface area (Å²) in [6.45, 7) is 2.68. The van der Waals surface area contributed by atoms with Crippen LogP contribution in [0.5, 0.6) is 0 Å². The number of carbonyl (C=O) groups excluding carboxylic acids is 2. The van der Waals surface area contributed by atoms with Crippen molar-refractivity contribution in [3.8, 4) is 0 Å². The molecule has 0 aliphatic carbocycles. The quantitative estimate of drug-likeness (QED) is 0.111. The summed E-state index contributed by atoms with van der Waals surface area (Å²) in [5, 5.41) is 13.9. The topological polar surface area (TPSA) is 61.4 Å². The molecule has 0 bridgehead atoms. The van der Waals surface area contributed by atoms with Gasteiger partial charge in [-0.25, -0.2) is 0 Å². The minimum Gasteiger partial charge on any atom is -0.384 e. The van der Waals surface area contributed by atoms with Crippen LogP contribution in [0.2, 0.25) is 0 Å². The molecule has 0 spiro atoms. The maximum atomic E-state index is 13.4. The number of hydrogen-bond acceptors (Lipinski definition) is 4. The Labute approximate surface area is 244 Å². The van der Waals surface area contributed by atoms with E-state index in [1.165, 1.54) is 32.0 Å². The van der Waals surface area contributed by atoms with Crippen LogP contribution in [0.4, 0.5) is 5.69 Å². The Hall–Kier alpha value is -5.00. The van der Waals surface area contributed by atoms with E-state index in [-0.39, 0.29) is 18.4 Å². The molecular formula is C37H31N3O2. The first kappa shape index (κ1) is 25.9. The average Bonchev–Trinajstić information content (AvgIpc) is 3.03. The SMILES string of the molecule is O=C1c2cccc3c(NCCCNCc4c5ccccc5cc5ccccc45)ccc(c23)C(=O)N1Cc1ccccc1. The third kappa shape index (κ3) is 4.68. The van der Waals surface area contributed by atoms with Crippen LogP contribution in [-0.4, -0.2) is 29.8 Å². The fourth-order valence-corrected chi connectivity index (χ4v) is 6.16. The van der Waals surface area contributed by atoms with Gasteiger partial charge < -0.3 is 10.6 Å². The Balaban J connectivity index is 1.03. The van der Waals surface area contributed by atoms with Gasteiger partial charge in [-0.1, -0.05) is 91.0 Å². The normalized spacial score (nSPS) is 12.9. The fraction of sp³-hybridized carbons (Fsp3) is 0.135. The van der Waals surface area contributed by atoms with Gasteiger partial charge in [0.2, 0.25) is 0 Å². The number of nitrogens with zero attached hydrogens (tertiary/aromatic N) is 1. The lowest BCUT2D eigenvalue weighted by atomic mass is 9.92. The van der Waals surface area contributed by atoms with Gasteiger partial charge in [0.05, 0.1) is 6.54 Å². The molecule has 1 heterocycles. The maximum absolute atomic E-state index is 13.4. The van der Waals surface area contributed by atoms with Crippen LogP contribution in [0.1, 0.15) is 38.3 Å². The molecule has 5 heteroatoms. The van der Waals surface area contributed by atoms with Gasteiger partial charge in [-0.3, -0.25) is 14.5 Å². The number of carbonyl (C=O) groups is 2. The number of amides is 2. The summed E-state index contributed by atoms with van der Waals surface area (Å²) in [7, 11) is 0. The number of hydrogen-bond donors (Lipinski definition) is 2.